The molecule has 0 unspecified atom stereocenters. The zero-order chi connectivity index (χ0) is 37.4. The van der Waals surface area contributed by atoms with Crippen LogP contribution in [0, 0.1) is 5.82 Å². The SMILES string of the molecule is [2H]c1c([2H])c(C2(C(=O)Cc3c(F)c([2H])c4c(c3[2H])c([2H])c(C(C)(C)CC)n4C[C@@H](O)C([2H])([2H])O)C([2H])([2H])C2([2H])[2H])c([2H])c2c1OC(F)(F)O2. The van der Waals surface area contributed by atoms with Crippen molar-refractivity contribution in [2.45, 2.75) is 76.1 Å². The maximum absolute atomic E-state index is 16.2. The highest BCUT2D eigenvalue weighted by molar-refractivity contribution is 5.95. The van der Waals surface area contributed by atoms with Crippen LogP contribution in [0.1, 0.15) is 73.2 Å². The van der Waals surface area contributed by atoms with Crippen molar-refractivity contribution in [2.75, 3.05) is 6.56 Å². The van der Waals surface area contributed by atoms with Crippen molar-refractivity contribution in [1.82, 2.24) is 4.57 Å². The van der Waals surface area contributed by atoms with Gasteiger partial charge in [0, 0.05) is 28.4 Å². The van der Waals surface area contributed by atoms with E-state index in [1.165, 1.54) is 0 Å². The number of aromatic nitrogens is 1. The Morgan fingerprint density at radius 1 is 1.24 bits per heavy atom. The molecule has 9 heteroatoms. The number of ether oxygens (including phenoxy) is 2. The van der Waals surface area contributed by atoms with Gasteiger partial charge in [0.1, 0.15) is 11.6 Å². The minimum atomic E-state index is -4.41. The molecule has 2 aliphatic rings. The Kier molecular flexibility index (Phi) is 3.50. The van der Waals surface area contributed by atoms with Gasteiger partial charge in [0.25, 0.3) is 0 Å². The molecule has 6 nitrogen and oxygen atoms in total. The van der Waals surface area contributed by atoms with Crippen molar-refractivity contribution in [3.63, 3.8) is 0 Å². The van der Waals surface area contributed by atoms with Crippen LogP contribution in [0.5, 0.6) is 11.5 Å². The fourth-order valence-corrected chi connectivity index (χ4v) is 4.04. The molecular weight excluding hydrogens is 487 g/mol. The van der Waals surface area contributed by atoms with Gasteiger partial charge in [0.2, 0.25) is 0 Å². The van der Waals surface area contributed by atoms with Gasteiger partial charge in [-0.1, -0.05) is 26.8 Å². The molecular formula is C28H30F3NO5. The number of halogens is 3. The van der Waals surface area contributed by atoms with E-state index in [0.29, 0.717) is 6.42 Å². The van der Waals surface area contributed by atoms with Crippen molar-refractivity contribution >= 4 is 16.7 Å². The summed E-state index contributed by atoms with van der Waals surface area (Å²) in [6.45, 7) is 1.04. The molecule has 2 N–H and O–H groups in total. The maximum Gasteiger partial charge on any atom is 0.586 e. The minimum Gasteiger partial charge on any atom is -0.395 e. The van der Waals surface area contributed by atoms with E-state index in [1.807, 2.05) is 0 Å². The van der Waals surface area contributed by atoms with Gasteiger partial charge in [-0.05, 0) is 60.5 Å². The number of alkyl halides is 2. The van der Waals surface area contributed by atoms with Gasteiger partial charge in [-0.2, -0.15) is 0 Å². The van der Waals surface area contributed by atoms with Gasteiger partial charge < -0.3 is 24.3 Å². The highest BCUT2D eigenvalue weighted by atomic mass is 19.3. The second-order valence-electron chi connectivity index (χ2n) is 9.41. The number of nitrogens with zero attached hydrogens (tertiary/aromatic N) is 1. The molecule has 1 aliphatic carbocycles. The van der Waals surface area contributed by atoms with Crippen LogP contribution in [0.3, 0.4) is 0 Å². The van der Waals surface area contributed by atoms with Crippen LogP contribution >= 0.6 is 0 Å². The van der Waals surface area contributed by atoms with Crippen LogP contribution in [0.15, 0.2) is 36.3 Å². The summed E-state index contributed by atoms with van der Waals surface area (Å²) >= 11 is 0. The van der Waals surface area contributed by atoms with Gasteiger partial charge in [-0.25, -0.2) is 4.39 Å². The summed E-state index contributed by atoms with van der Waals surface area (Å²) < 4.78 is 154. The van der Waals surface area contributed by atoms with Gasteiger partial charge in [-0.15, -0.1) is 8.78 Å². The number of hydrogen-bond acceptors (Lipinski definition) is 5. The molecule has 0 saturated heterocycles. The first-order valence-corrected chi connectivity index (χ1v) is 11.3. The highest BCUT2D eigenvalue weighted by Gasteiger charge is 2.52. The summed E-state index contributed by atoms with van der Waals surface area (Å²) in [6, 6.07) is -6.03. The molecule has 3 aromatic rings. The molecule has 1 aliphatic heterocycles. The molecule has 37 heavy (non-hydrogen) atoms. The van der Waals surface area contributed by atoms with Crippen LogP contribution in [0.4, 0.5) is 13.2 Å². The Morgan fingerprint density at radius 2 is 1.95 bits per heavy atom. The molecule has 1 atom stereocenters. The lowest BCUT2D eigenvalue weighted by Crippen LogP contribution is -2.26. The Hall–Kier alpha value is -3.04. The molecule has 1 saturated carbocycles. The number of aliphatic hydroxyl groups is 2. The zero-order valence-corrected chi connectivity index (χ0v) is 19.9. The lowest BCUT2D eigenvalue weighted by molar-refractivity contribution is -0.286. The first-order chi connectivity index (χ1) is 22.2. The predicted octanol–water partition coefficient (Wildman–Crippen LogP) is 4.99. The van der Waals surface area contributed by atoms with Crippen LogP contribution in [0.2, 0.25) is 0 Å². The second kappa shape index (κ2) is 8.77. The minimum absolute atomic E-state index is 0.0161. The number of benzene rings is 2. The van der Waals surface area contributed by atoms with Gasteiger partial charge in [0.05, 0.1) is 41.1 Å². The Balaban J connectivity index is 1.75. The van der Waals surface area contributed by atoms with Gasteiger partial charge in [-0.3, -0.25) is 4.79 Å². The quantitative estimate of drug-likeness (QED) is 0.409. The Bertz CT molecular complexity index is 1930. The third-order valence-electron chi connectivity index (χ3n) is 6.51. The van der Waals surface area contributed by atoms with Gasteiger partial charge >= 0.3 is 6.29 Å². The molecule has 0 spiro atoms. The van der Waals surface area contributed by atoms with Crippen molar-refractivity contribution in [2.24, 2.45) is 0 Å². The summed E-state index contributed by atoms with van der Waals surface area (Å²) in [5.74, 6) is -5.37. The Morgan fingerprint density at radius 3 is 2.59 bits per heavy atom. The van der Waals surface area contributed by atoms with E-state index in [0.717, 1.165) is 4.57 Å². The third-order valence-corrected chi connectivity index (χ3v) is 6.51. The van der Waals surface area contributed by atoms with E-state index in [2.05, 4.69) is 9.47 Å². The third kappa shape index (κ3) is 4.48. The monoisotopic (exact) mass is 529 g/mol. The molecule has 0 radical (unpaired) electrons. The molecule has 198 valence electrons. The van der Waals surface area contributed by atoms with E-state index < -0.39 is 137 Å². The van der Waals surface area contributed by atoms with E-state index in [-0.39, 0.29) is 5.69 Å². The van der Waals surface area contributed by atoms with Crippen molar-refractivity contribution in [3.8, 4) is 11.5 Å². The smallest absolute Gasteiger partial charge is 0.395 e. The van der Waals surface area contributed by atoms with Gasteiger partial charge in [0.15, 0.2) is 11.5 Å². The number of rotatable bonds is 9. The molecule has 1 aromatic heterocycles. The number of Topliss-reactive ketones (excluding diaryl/α,β-unsaturated/α-hetero) is 1. The molecule has 2 aromatic carbocycles. The number of carbonyl (C=O) groups excluding carboxylic acids is 1. The largest absolute Gasteiger partial charge is 0.586 e. The zero-order valence-electron chi connectivity index (χ0n) is 31.9. The van der Waals surface area contributed by atoms with Crippen LogP contribution in [0.25, 0.3) is 10.9 Å². The average Bonchev–Trinajstić information content (AvgIpc) is 3.26. The van der Waals surface area contributed by atoms with E-state index in [1.54, 1.807) is 20.8 Å². The molecule has 0 amide bonds. The fraction of sp³-hybridized carbons (Fsp3) is 0.464. The second-order valence-corrected chi connectivity index (χ2v) is 9.41. The summed E-state index contributed by atoms with van der Waals surface area (Å²) in [6.07, 6.45) is -14.2. The standard InChI is InChI=1S/C28H30F3NO5/c1-4-26(2,3)24-10-17-9-16(20(29)13-21(17)32(24)14-19(34)15-33)11-25(35)27(7-8-27)18-5-6-22-23(12-18)37-28(30,31)36-22/h5-6,9-10,12-13,19,33-34H,4,7-8,11,14-15H2,1-3H3/t19-/m1/s1/i5D,6D,7D2,8D2,9D,10D,12D,13D,15D2. The number of fused-ring (bicyclic) bond motifs is 2. The van der Waals surface area contributed by atoms with E-state index in [9.17, 15) is 23.8 Å². The van der Waals surface area contributed by atoms with Crippen LogP contribution in [-0.2, 0) is 28.6 Å². The predicted molar refractivity (Wildman–Crippen MR) is 131 cm³/mol. The summed E-state index contributed by atoms with van der Waals surface area (Å²) in [4.78, 5) is 14.1. The fourth-order valence-electron chi connectivity index (χ4n) is 4.04. The first-order valence-electron chi connectivity index (χ1n) is 17.3. The van der Waals surface area contributed by atoms with Crippen molar-refractivity contribution < 1.29 is 54.1 Å². The maximum atomic E-state index is 16.2. The van der Waals surface area contributed by atoms with Crippen LogP contribution in [-0.4, -0.2) is 39.5 Å². The average molecular weight is 530 g/mol. The lowest BCUT2D eigenvalue weighted by Gasteiger charge is -2.26. The lowest BCUT2D eigenvalue weighted by atomic mass is 9.86. The summed E-state index contributed by atoms with van der Waals surface area (Å²) in [5.41, 5.74) is -6.69. The number of ketones is 1. The normalized spacial score (nSPS) is 26.1. The van der Waals surface area contributed by atoms with E-state index >= 15 is 4.39 Å². The number of aliphatic hydroxyl groups excluding tert-OH is 1. The topological polar surface area (TPSA) is 80.9 Å². The summed E-state index contributed by atoms with van der Waals surface area (Å²) in [5, 5.41) is 19.7. The molecule has 2 heterocycles. The van der Waals surface area contributed by atoms with Crippen molar-refractivity contribution in [3.05, 3.63) is 58.9 Å². The highest BCUT2D eigenvalue weighted by Crippen LogP contribution is 2.52. The number of carbonyl (C=O) groups is 1. The van der Waals surface area contributed by atoms with Crippen LogP contribution < -0.4 is 9.47 Å². The molecule has 5 rings (SSSR count). The first kappa shape index (κ1) is 14.8. The van der Waals surface area contributed by atoms with E-state index in [4.69, 9.17) is 16.4 Å². The molecule has 0 bridgehead atoms. The number of hydrogen-bond donors (Lipinski definition) is 2. The summed E-state index contributed by atoms with van der Waals surface area (Å²) in [7, 11) is 0. The Labute approximate surface area is 229 Å². The molecule has 1 fully saturated rings. The van der Waals surface area contributed by atoms with Crippen molar-refractivity contribution in [1.29, 1.82) is 0 Å².